The third-order valence-electron chi connectivity index (χ3n) is 2.99. The average Bonchev–Trinajstić information content (AvgIpc) is 2.32. The fourth-order valence-electron chi connectivity index (χ4n) is 2.01. The summed E-state index contributed by atoms with van der Waals surface area (Å²) in [6, 6.07) is 6.18. The number of rotatable bonds is 3. The van der Waals surface area contributed by atoms with Gasteiger partial charge in [0.2, 0.25) is 0 Å². The van der Waals surface area contributed by atoms with Gasteiger partial charge in [-0.1, -0.05) is 28.1 Å². The molecule has 0 saturated carbocycles. The standard InChI is InChI=1S/C12H15BrN2OS2/c13-8-1-2-10(12(14)17)11(7-8)15-9-3-5-18(16)6-4-9/h1-2,7,9,15H,3-6H2,(H2,14,17). The van der Waals surface area contributed by atoms with E-state index in [-0.39, 0.29) is 0 Å². The van der Waals surface area contributed by atoms with E-state index in [1.165, 1.54) is 0 Å². The van der Waals surface area contributed by atoms with E-state index in [0.29, 0.717) is 11.0 Å². The van der Waals surface area contributed by atoms with Crippen LogP contribution in [0.2, 0.25) is 0 Å². The Hall–Kier alpha value is -0.460. The Morgan fingerprint density at radius 1 is 1.44 bits per heavy atom. The van der Waals surface area contributed by atoms with Gasteiger partial charge in [0, 0.05) is 44.1 Å². The molecule has 0 radical (unpaired) electrons. The van der Waals surface area contributed by atoms with E-state index in [1.807, 2.05) is 18.2 Å². The lowest BCUT2D eigenvalue weighted by Crippen LogP contribution is -2.30. The number of hydrogen-bond donors (Lipinski definition) is 2. The quantitative estimate of drug-likeness (QED) is 0.825. The average molecular weight is 347 g/mol. The van der Waals surface area contributed by atoms with Crippen LogP contribution in [0.1, 0.15) is 18.4 Å². The maximum absolute atomic E-state index is 11.3. The number of halogens is 1. The summed E-state index contributed by atoms with van der Waals surface area (Å²) in [5.41, 5.74) is 7.53. The van der Waals surface area contributed by atoms with Gasteiger partial charge in [-0.2, -0.15) is 0 Å². The van der Waals surface area contributed by atoms with Crippen LogP contribution in [0.4, 0.5) is 5.69 Å². The summed E-state index contributed by atoms with van der Waals surface area (Å²) >= 11 is 8.50. The summed E-state index contributed by atoms with van der Waals surface area (Å²) in [7, 11) is -0.637. The van der Waals surface area contributed by atoms with E-state index in [9.17, 15) is 4.21 Å². The molecule has 0 atom stereocenters. The van der Waals surface area contributed by atoms with E-state index >= 15 is 0 Å². The van der Waals surface area contributed by atoms with Gasteiger partial charge in [0.1, 0.15) is 4.99 Å². The maximum Gasteiger partial charge on any atom is 0.106 e. The minimum Gasteiger partial charge on any atom is -0.389 e. The van der Waals surface area contributed by atoms with Gasteiger partial charge < -0.3 is 11.1 Å². The zero-order valence-electron chi connectivity index (χ0n) is 9.82. The third-order valence-corrected chi connectivity index (χ3v) is 5.09. The molecule has 0 unspecified atom stereocenters. The molecule has 1 saturated heterocycles. The molecule has 6 heteroatoms. The third kappa shape index (κ3) is 3.52. The summed E-state index contributed by atoms with van der Waals surface area (Å²) < 4.78 is 12.3. The summed E-state index contributed by atoms with van der Waals surface area (Å²) in [4.78, 5) is 0.393. The van der Waals surface area contributed by atoms with Crippen molar-refractivity contribution in [3.05, 3.63) is 28.2 Å². The monoisotopic (exact) mass is 346 g/mol. The molecule has 1 aliphatic rings. The molecule has 1 aliphatic heterocycles. The molecule has 0 aromatic heterocycles. The van der Waals surface area contributed by atoms with Gasteiger partial charge in [-0.15, -0.1) is 0 Å². The van der Waals surface area contributed by atoms with Crippen molar-refractivity contribution < 1.29 is 4.21 Å². The Kier molecular flexibility index (Phi) is 4.75. The van der Waals surface area contributed by atoms with Crippen LogP contribution < -0.4 is 11.1 Å². The van der Waals surface area contributed by atoms with E-state index in [4.69, 9.17) is 18.0 Å². The Balaban J connectivity index is 2.15. The minimum absolute atomic E-state index is 0.352. The van der Waals surface area contributed by atoms with Crippen LogP contribution in [0.15, 0.2) is 22.7 Å². The SMILES string of the molecule is NC(=S)c1ccc(Br)cc1NC1CCS(=O)CC1. The topological polar surface area (TPSA) is 55.1 Å². The van der Waals surface area contributed by atoms with Crippen molar-refractivity contribution in [1.29, 1.82) is 0 Å². The zero-order chi connectivity index (χ0) is 13.1. The number of anilines is 1. The van der Waals surface area contributed by atoms with E-state index in [0.717, 1.165) is 40.1 Å². The first-order valence-corrected chi connectivity index (χ1v) is 8.46. The number of hydrogen-bond acceptors (Lipinski definition) is 3. The van der Waals surface area contributed by atoms with E-state index in [2.05, 4.69) is 21.2 Å². The predicted octanol–water partition coefficient (Wildman–Crippen LogP) is 2.41. The fourth-order valence-corrected chi connectivity index (χ4v) is 3.85. The lowest BCUT2D eigenvalue weighted by molar-refractivity contribution is 0.624. The van der Waals surface area contributed by atoms with Gasteiger partial charge in [-0.05, 0) is 31.0 Å². The van der Waals surface area contributed by atoms with Crippen molar-refractivity contribution in [3.63, 3.8) is 0 Å². The zero-order valence-corrected chi connectivity index (χ0v) is 13.0. The molecule has 3 N–H and O–H groups in total. The second-order valence-electron chi connectivity index (χ2n) is 4.32. The van der Waals surface area contributed by atoms with Gasteiger partial charge in [-0.25, -0.2) is 0 Å². The Bertz CT molecular complexity index is 483. The van der Waals surface area contributed by atoms with Crippen LogP contribution in [0.25, 0.3) is 0 Å². The molecular formula is C12H15BrN2OS2. The van der Waals surface area contributed by atoms with Crippen LogP contribution in [-0.4, -0.2) is 26.7 Å². The van der Waals surface area contributed by atoms with Crippen molar-refractivity contribution in [2.45, 2.75) is 18.9 Å². The number of thiocarbonyl (C=S) groups is 1. The lowest BCUT2D eigenvalue weighted by Gasteiger charge is -2.25. The van der Waals surface area contributed by atoms with Gasteiger partial charge in [0.05, 0.1) is 0 Å². The summed E-state index contributed by atoms with van der Waals surface area (Å²) in [5, 5.41) is 3.46. The summed E-state index contributed by atoms with van der Waals surface area (Å²) in [6.07, 6.45) is 1.85. The number of nitrogens with two attached hydrogens (primary N) is 1. The molecule has 0 spiro atoms. The molecule has 3 nitrogen and oxygen atoms in total. The lowest BCUT2D eigenvalue weighted by atomic mass is 10.1. The highest BCUT2D eigenvalue weighted by molar-refractivity contribution is 9.10. The van der Waals surface area contributed by atoms with Crippen molar-refractivity contribution in [1.82, 2.24) is 0 Å². The largest absolute Gasteiger partial charge is 0.389 e. The molecule has 1 aromatic carbocycles. The highest BCUT2D eigenvalue weighted by Gasteiger charge is 2.18. The van der Waals surface area contributed by atoms with Gasteiger partial charge >= 0.3 is 0 Å². The second kappa shape index (κ2) is 6.12. The van der Waals surface area contributed by atoms with E-state index < -0.39 is 10.8 Å². The first-order chi connectivity index (χ1) is 8.56. The van der Waals surface area contributed by atoms with E-state index in [1.54, 1.807) is 0 Å². The Morgan fingerprint density at radius 2 is 2.11 bits per heavy atom. The molecular weight excluding hydrogens is 332 g/mol. The van der Waals surface area contributed by atoms with Crippen molar-refractivity contribution in [2.75, 3.05) is 16.8 Å². The van der Waals surface area contributed by atoms with Crippen molar-refractivity contribution in [2.24, 2.45) is 5.73 Å². The molecule has 0 bridgehead atoms. The predicted molar refractivity (Wildman–Crippen MR) is 84.6 cm³/mol. The van der Waals surface area contributed by atoms with Crippen LogP contribution in [0, 0.1) is 0 Å². The van der Waals surface area contributed by atoms with Crippen LogP contribution in [0.5, 0.6) is 0 Å². The molecule has 2 rings (SSSR count). The molecule has 98 valence electrons. The Labute approximate surface area is 123 Å². The molecule has 1 aromatic rings. The first-order valence-electron chi connectivity index (χ1n) is 5.77. The fraction of sp³-hybridized carbons (Fsp3) is 0.417. The summed E-state index contributed by atoms with van der Waals surface area (Å²) in [5.74, 6) is 1.54. The first kappa shape index (κ1) is 14.0. The van der Waals surface area contributed by atoms with Crippen LogP contribution >= 0.6 is 28.1 Å². The maximum atomic E-state index is 11.3. The molecule has 1 heterocycles. The van der Waals surface area contributed by atoms with Gasteiger partial charge in [0.25, 0.3) is 0 Å². The number of nitrogens with one attached hydrogen (secondary N) is 1. The molecule has 1 fully saturated rings. The Morgan fingerprint density at radius 3 is 2.72 bits per heavy atom. The minimum atomic E-state index is -0.637. The second-order valence-corrected chi connectivity index (χ2v) is 7.37. The molecule has 0 aliphatic carbocycles. The van der Waals surface area contributed by atoms with Gasteiger partial charge in [0.15, 0.2) is 0 Å². The normalized spacial score (nSPS) is 23.6. The highest BCUT2D eigenvalue weighted by atomic mass is 79.9. The van der Waals surface area contributed by atoms with Crippen molar-refractivity contribution in [3.8, 4) is 0 Å². The van der Waals surface area contributed by atoms with Gasteiger partial charge in [-0.3, -0.25) is 4.21 Å². The van der Waals surface area contributed by atoms with Crippen molar-refractivity contribution >= 4 is 49.6 Å². The molecule has 18 heavy (non-hydrogen) atoms. The smallest absolute Gasteiger partial charge is 0.106 e. The van der Waals surface area contributed by atoms with Crippen LogP contribution in [-0.2, 0) is 10.8 Å². The number of benzene rings is 1. The molecule has 0 amide bonds. The van der Waals surface area contributed by atoms with Crippen LogP contribution in [0.3, 0.4) is 0 Å². The highest BCUT2D eigenvalue weighted by Crippen LogP contribution is 2.24. The summed E-state index contributed by atoms with van der Waals surface area (Å²) in [6.45, 7) is 0.